The number of pyridine rings is 1. The van der Waals surface area contributed by atoms with Gasteiger partial charge < -0.3 is 10.3 Å². The van der Waals surface area contributed by atoms with Gasteiger partial charge in [0.05, 0.1) is 17.2 Å². The van der Waals surface area contributed by atoms with Crippen molar-refractivity contribution in [2.45, 2.75) is 6.92 Å². The van der Waals surface area contributed by atoms with Gasteiger partial charge in [0.1, 0.15) is 5.82 Å². The second kappa shape index (κ2) is 4.53. The fourth-order valence-electron chi connectivity index (χ4n) is 1.91. The third kappa shape index (κ3) is 2.30. The molecule has 0 spiro atoms. The Morgan fingerprint density at radius 1 is 1.21 bits per heavy atom. The van der Waals surface area contributed by atoms with Crippen molar-refractivity contribution in [1.82, 2.24) is 15.0 Å². The number of carbonyl (C=O) groups is 1. The van der Waals surface area contributed by atoms with Crippen LogP contribution in [0.4, 0.5) is 5.69 Å². The number of hydrogen-bond donors (Lipinski definition) is 2. The van der Waals surface area contributed by atoms with Crippen molar-refractivity contribution in [2.24, 2.45) is 0 Å². The molecule has 0 aliphatic rings. The third-order valence-corrected chi connectivity index (χ3v) is 2.76. The molecule has 2 N–H and O–H groups in total. The van der Waals surface area contributed by atoms with Gasteiger partial charge in [0.15, 0.2) is 0 Å². The van der Waals surface area contributed by atoms with E-state index < -0.39 is 0 Å². The summed E-state index contributed by atoms with van der Waals surface area (Å²) in [6.07, 6.45) is 3.46. The number of fused-ring (bicyclic) bond motifs is 1. The van der Waals surface area contributed by atoms with Gasteiger partial charge in [-0.3, -0.25) is 9.78 Å². The van der Waals surface area contributed by atoms with Gasteiger partial charge in [-0.15, -0.1) is 0 Å². The van der Waals surface area contributed by atoms with Crippen LogP contribution in [-0.2, 0) is 4.79 Å². The first kappa shape index (κ1) is 11.4. The Labute approximate surface area is 109 Å². The number of rotatable bonds is 2. The van der Waals surface area contributed by atoms with Crippen LogP contribution in [0, 0.1) is 0 Å². The topological polar surface area (TPSA) is 70.7 Å². The lowest BCUT2D eigenvalue weighted by Gasteiger charge is -2.02. The molecule has 0 saturated carbocycles. The first-order valence-corrected chi connectivity index (χ1v) is 5.90. The lowest BCUT2D eigenvalue weighted by molar-refractivity contribution is -0.114. The highest BCUT2D eigenvalue weighted by molar-refractivity contribution is 5.89. The number of amides is 1. The molecule has 0 fully saturated rings. The quantitative estimate of drug-likeness (QED) is 0.736. The molecule has 19 heavy (non-hydrogen) atoms. The smallest absolute Gasteiger partial charge is 0.221 e. The zero-order valence-electron chi connectivity index (χ0n) is 10.3. The predicted molar refractivity (Wildman–Crippen MR) is 73.6 cm³/mol. The highest BCUT2D eigenvalue weighted by atomic mass is 16.1. The van der Waals surface area contributed by atoms with E-state index in [4.69, 9.17) is 0 Å². The van der Waals surface area contributed by atoms with E-state index in [-0.39, 0.29) is 5.91 Å². The first-order valence-electron chi connectivity index (χ1n) is 5.90. The minimum absolute atomic E-state index is 0.0810. The Morgan fingerprint density at radius 3 is 2.68 bits per heavy atom. The number of hydrogen-bond acceptors (Lipinski definition) is 3. The maximum absolute atomic E-state index is 10.9. The van der Waals surface area contributed by atoms with Gasteiger partial charge in [0.2, 0.25) is 5.91 Å². The molecule has 3 rings (SSSR count). The second-order valence-electron chi connectivity index (χ2n) is 4.24. The number of imidazole rings is 1. The van der Waals surface area contributed by atoms with Crippen molar-refractivity contribution >= 4 is 22.6 Å². The Bertz CT molecular complexity index is 698. The van der Waals surface area contributed by atoms with Crippen molar-refractivity contribution in [3.05, 3.63) is 42.7 Å². The zero-order chi connectivity index (χ0) is 13.2. The minimum Gasteiger partial charge on any atom is -0.337 e. The van der Waals surface area contributed by atoms with Crippen molar-refractivity contribution < 1.29 is 4.79 Å². The number of carbonyl (C=O) groups excluding carboxylic acids is 1. The predicted octanol–water partition coefficient (Wildman–Crippen LogP) is 2.58. The summed E-state index contributed by atoms with van der Waals surface area (Å²) in [5.74, 6) is 0.708. The monoisotopic (exact) mass is 252 g/mol. The molecule has 0 aliphatic carbocycles. The number of aromatic nitrogens is 3. The molecule has 1 amide bonds. The number of anilines is 1. The molecule has 0 saturated heterocycles. The number of benzene rings is 1. The molecular weight excluding hydrogens is 240 g/mol. The maximum Gasteiger partial charge on any atom is 0.221 e. The molecule has 1 aromatic carbocycles. The van der Waals surface area contributed by atoms with Crippen LogP contribution in [-0.4, -0.2) is 20.9 Å². The molecule has 94 valence electrons. The number of aromatic amines is 1. The highest BCUT2D eigenvalue weighted by Gasteiger charge is 2.05. The zero-order valence-corrected chi connectivity index (χ0v) is 10.3. The van der Waals surface area contributed by atoms with Crippen LogP contribution < -0.4 is 5.32 Å². The van der Waals surface area contributed by atoms with E-state index in [2.05, 4.69) is 20.3 Å². The average Bonchev–Trinajstić information content (AvgIpc) is 2.82. The van der Waals surface area contributed by atoms with Gasteiger partial charge in [-0.25, -0.2) is 4.98 Å². The van der Waals surface area contributed by atoms with E-state index in [1.807, 2.05) is 30.3 Å². The van der Waals surface area contributed by atoms with Crippen molar-refractivity contribution in [3.63, 3.8) is 0 Å². The van der Waals surface area contributed by atoms with Crippen molar-refractivity contribution in [3.8, 4) is 11.4 Å². The molecule has 2 aromatic heterocycles. The van der Waals surface area contributed by atoms with Crippen LogP contribution in [0.3, 0.4) is 0 Å². The van der Waals surface area contributed by atoms with Gasteiger partial charge in [0.25, 0.3) is 0 Å². The highest BCUT2D eigenvalue weighted by Crippen LogP contribution is 2.21. The maximum atomic E-state index is 10.9. The molecule has 2 heterocycles. The molecule has 3 aromatic rings. The number of nitrogens with zero attached hydrogens (tertiary/aromatic N) is 2. The van der Waals surface area contributed by atoms with E-state index in [0.29, 0.717) is 0 Å². The van der Waals surface area contributed by atoms with Gasteiger partial charge in [-0.05, 0) is 30.3 Å². The van der Waals surface area contributed by atoms with Crippen LogP contribution in [0.5, 0.6) is 0 Å². The Morgan fingerprint density at radius 2 is 2.00 bits per heavy atom. The third-order valence-electron chi connectivity index (χ3n) is 2.76. The summed E-state index contributed by atoms with van der Waals surface area (Å²) in [5, 5.41) is 2.73. The largest absolute Gasteiger partial charge is 0.337 e. The van der Waals surface area contributed by atoms with Crippen LogP contribution in [0.2, 0.25) is 0 Å². The summed E-state index contributed by atoms with van der Waals surface area (Å²) < 4.78 is 0. The molecule has 0 bridgehead atoms. The minimum atomic E-state index is -0.0810. The number of nitrogens with one attached hydrogen (secondary N) is 2. The van der Waals surface area contributed by atoms with Crippen LogP contribution >= 0.6 is 0 Å². The number of H-pyrrole nitrogens is 1. The Kier molecular flexibility index (Phi) is 2.72. The van der Waals surface area contributed by atoms with Gasteiger partial charge in [-0.2, -0.15) is 0 Å². The van der Waals surface area contributed by atoms with E-state index in [0.717, 1.165) is 28.1 Å². The van der Waals surface area contributed by atoms with Gasteiger partial charge >= 0.3 is 0 Å². The molecular formula is C14H12N4O. The van der Waals surface area contributed by atoms with E-state index in [9.17, 15) is 4.79 Å². The Balaban J connectivity index is 1.95. The molecule has 0 aliphatic heterocycles. The van der Waals surface area contributed by atoms with E-state index in [1.54, 1.807) is 12.4 Å². The standard InChI is InChI=1S/C14H12N4O/c1-9(19)16-11-4-2-10(3-5-11)14-17-12-6-7-15-8-13(12)18-14/h2-8H,1H3,(H,16,19)(H,17,18). The molecule has 5 nitrogen and oxygen atoms in total. The van der Waals surface area contributed by atoms with E-state index >= 15 is 0 Å². The summed E-state index contributed by atoms with van der Waals surface area (Å²) in [6.45, 7) is 1.49. The summed E-state index contributed by atoms with van der Waals surface area (Å²) in [7, 11) is 0. The van der Waals surface area contributed by atoms with Gasteiger partial charge in [0, 0.05) is 24.4 Å². The second-order valence-corrected chi connectivity index (χ2v) is 4.24. The first-order chi connectivity index (χ1) is 9.22. The summed E-state index contributed by atoms with van der Waals surface area (Å²) in [4.78, 5) is 22.7. The van der Waals surface area contributed by atoms with Gasteiger partial charge in [-0.1, -0.05) is 0 Å². The fourth-order valence-corrected chi connectivity index (χ4v) is 1.91. The normalized spacial score (nSPS) is 10.6. The molecule has 0 radical (unpaired) electrons. The molecule has 0 atom stereocenters. The molecule has 0 unspecified atom stereocenters. The van der Waals surface area contributed by atoms with Crippen molar-refractivity contribution in [2.75, 3.05) is 5.32 Å². The summed E-state index contributed by atoms with van der Waals surface area (Å²) in [5.41, 5.74) is 3.53. The lowest BCUT2D eigenvalue weighted by Crippen LogP contribution is -2.05. The van der Waals surface area contributed by atoms with Crippen LogP contribution in [0.15, 0.2) is 42.7 Å². The van der Waals surface area contributed by atoms with Crippen LogP contribution in [0.1, 0.15) is 6.92 Å². The summed E-state index contributed by atoms with van der Waals surface area (Å²) >= 11 is 0. The molecule has 5 heteroatoms. The lowest BCUT2D eigenvalue weighted by atomic mass is 10.2. The summed E-state index contributed by atoms with van der Waals surface area (Å²) in [6, 6.07) is 9.39. The average molecular weight is 252 g/mol. The van der Waals surface area contributed by atoms with Crippen LogP contribution in [0.25, 0.3) is 22.4 Å². The SMILES string of the molecule is CC(=O)Nc1ccc(-c2nc3ccncc3[nH]2)cc1. The van der Waals surface area contributed by atoms with Crippen molar-refractivity contribution in [1.29, 1.82) is 0 Å². The Hall–Kier alpha value is -2.69. The fraction of sp³-hybridized carbons (Fsp3) is 0.0714. The van der Waals surface area contributed by atoms with E-state index in [1.165, 1.54) is 6.92 Å².